The summed E-state index contributed by atoms with van der Waals surface area (Å²) in [4.78, 5) is 29.7. The molecule has 8 nitrogen and oxygen atoms in total. The minimum atomic E-state index is -0.450. The van der Waals surface area contributed by atoms with Crippen molar-refractivity contribution in [2.45, 2.75) is 6.92 Å². The maximum atomic E-state index is 13.0. The molecule has 0 bridgehead atoms. The minimum absolute atomic E-state index is 0.289. The average Bonchev–Trinajstić information content (AvgIpc) is 3.37. The second-order valence-corrected chi connectivity index (χ2v) is 8.46. The molecule has 0 aliphatic rings. The predicted octanol–water partition coefficient (Wildman–Crippen LogP) is 3.46. The zero-order valence-electron chi connectivity index (χ0n) is 18.6. The van der Waals surface area contributed by atoms with E-state index in [4.69, 9.17) is 14.2 Å². The first-order valence-corrected chi connectivity index (χ1v) is 11.1. The fraction of sp³-hybridized carbons (Fsp3) is 0.120. The summed E-state index contributed by atoms with van der Waals surface area (Å²) in [7, 11) is 3.12. The molecule has 2 aromatic heterocycles. The Balaban J connectivity index is 1.61. The van der Waals surface area contributed by atoms with Crippen molar-refractivity contribution >= 4 is 39.1 Å². The zero-order chi connectivity index (χ0) is 23.8. The molecule has 9 heteroatoms. The van der Waals surface area contributed by atoms with Crippen LogP contribution in [-0.2, 0) is 4.79 Å². The number of thiazole rings is 1. The van der Waals surface area contributed by atoms with Crippen molar-refractivity contribution in [1.82, 2.24) is 14.6 Å². The maximum absolute atomic E-state index is 13.0. The monoisotopic (exact) mass is 473 g/mol. The number of nitrogens with zero attached hydrogens (tertiary/aromatic N) is 3. The minimum Gasteiger partial charge on any atom is -0.493 e. The van der Waals surface area contributed by atoms with E-state index in [0.717, 1.165) is 16.3 Å². The lowest BCUT2D eigenvalue weighted by Gasteiger charge is -2.08. The van der Waals surface area contributed by atoms with Gasteiger partial charge in [-0.05, 0) is 46.7 Å². The van der Waals surface area contributed by atoms with Gasteiger partial charge in [0.1, 0.15) is 5.75 Å². The summed E-state index contributed by atoms with van der Waals surface area (Å²) >= 11 is 1.22. The van der Waals surface area contributed by atoms with Gasteiger partial charge in [-0.3, -0.25) is 9.59 Å². The van der Waals surface area contributed by atoms with Crippen LogP contribution in [0.25, 0.3) is 33.2 Å². The van der Waals surface area contributed by atoms with Crippen LogP contribution in [0.4, 0.5) is 0 Å². The highest BCUT2D eigenvalue weighted by atomic mass is 32.1. The first-order valence-electron chi connectivity index (χ1n) is 10.3. The molecule has 0 N–H and O–H groups in total. The van der Waals surface area contributed by atoms with Crippen LogP contribution in [0.15, 0.2) is 59.4 Å². The topological polar surface area (TPSA) is 92.0 Å². The molecular weight excluding hydrogens is 454 g/mol. The van der Waals surface area contributed by atoms with E-state index in [1.165, 1.54) is 22.8 Å². The van der Waals surface area contributed by atoms with Crippen LogP contribution in [-0.4, -0.2) is 34.8 Å². The largest absolute Gasteiger partial charge is 0.493 e. The first-order chi connectivity index (χ1) is 16.5. The SMILES string of the molecule is COc1ccc(/C=c2\sc3nc(-c4cc5ccccc5cc4OC(C)=O)nn3c2=O)cc1OC. The molecule has 0 aliphatic carbocycles. The molecule has 0 unspecified atom stereocenters. The lowest BCUT2D eigenvalue weighted by Crippen LogP contribution is -2.23. The standard InChI is InChI=1S/C25H19N3O5S/c1-14(29)33-20-13-17-7-5-4-6-16(17)12-18(20)23-26-25-28(27-23)24(30)22(34-25)11-15-8-9-19(31-2)21(10-15)32-3/h4-13H,1-3H3/b22-11-. The third kappa shape index (κ3) is 3.86. The summed E-state index contributed by atoms with van der Waals surface area (Å²) in [6.45, 7) is 1.34. The molecule has 0 atom stereocenters. The Morgan fingerprint density at radius 3 is 2.38 bits per heavy atom. The van der Waals surface area contributed by atoms with E-state index >= 15 is 0 Å². The van der Waals surface area contributed by atoms with Crippen molar-refractivity contribution in [2.75, 3.05) is 14.2 Å². The summed E-state index contributed by atoms with van der Waals surface area (Å²) in [5.41, 5.74) is 1.03. The number of rotatable bonds is 5. The number of esters is 1. The molecule has 0 saturated heterocycles. The highest BCUT2D eigenvalue weighted by Gasteiger charge is 2.18. The van der Waals surface area contributed by atoms with Gasteiger partial charge in [0.15, 0.2) is 17.3 Å². The van der Waals surface area contributed by atoms with Crippen LogP contribution in [0, 0.1) is 0 Å². The third-order valence-electron chi connectivity index (χ3n) is 5.23. The van der Waals surface area contributed by atoms with Crippen LogP contribution in [0.1, 0.15) is 12.5 Å². The summed E-state index contributed by atoms with van der Waals surface area (Å²) in [5.74, 6) is 1.37. The van der Waals surface area contributed by atoms with E-state index in [0.29, 0.717) is 38.1 Å². The Kier molecular flexibility index (Phi) is 5.46. The van der Waals surface area contributed by atoms with Crippen LogP contribution in [0.3, 0.4) is 0 Å². The lowest BCUT2D eigenvalue weighted by molar-refractivity contribution is -0.131. The van der Waals surface area contributed by atoms with Gasteiger partial charge in [-0.1, -0.05) is 41.7 Å². The highest BCUT2D eigenvalue weighted by Crippen LogP contribution is 2.33. The van der Waals surface area contributed by atoms with Crippen molar-refractivity contribution in [3.05, 3.63) is 75.0 Å². The van der Waals surface area contributed by atoms with Gasteiger partial charge in [-0.2, -0.15) is 9.50 Å². The quantitative estimate of drug-likeness (QED) is 0.285. The maximum Gasteiger partial charge on any atom is 0.308 e. The van der Waals surface area contributed by atoms with Crippen LogP contribution in [0.2, 0.25) is 0 Å². The summed E-state index contributed by atoms with van der Waals surface area (Å²) in [6.07, 6.45) is 1.76. The number of carbonyl (C=O) groups excluding carboxylic acids is 1. The summed E-state index contributed by atoms with van der Waals surface area (Å²) in [6, 6.07) is 16.7. The van der Waals surface area contributed by atoms with Gasteiger partial charge in [0.05, 0.1) is 24.3 Å². The van der Waals surface area contributed by atoms with Gasteiger partial charge >= 0.3 is 5.97 Å². The molecule has 0 radical (unpaired) electrons. The molecule has 5 rings (SSSR count). The van der Waals surface area contributed by atoms with Crippen molar-refractivity contribution in [1.29, 1.82) is 0 Å². The molecule has 3 aromatic carbocycles. The van der Waals surface area contributed by atoms with Crippen LogP contribution >= 0.6 is 11.3 Å². The molecule has 5 aromatic rings. The molecule has 0 aliphatic heterocycles. The van der Waals surface area contributed by atoms with Crippen molar-refractivity contribution < 1.29 is 19.0 Å². The summed E-state index contributed by atoms with van der Waals surface area (Å²) < 4.78 is 17.8. The van der Waals surface area contributed by atoms with Gasteiger partial charge in [0, 0.05) is 6.92 Å². The first kappa shape index (κ1) is 21.6. The number of hydrogen-bond donors (Lipinski definition) is 0. The average molecular weight is 474 g/mol. The molecule has 2 heterocycles. The Morgan fingerprint density at radius 1 is 0.971 bits per heavy atom. The van der Waals surface area contributed by atoms with E-state index in [2.05, 4.69) is 10.1 Å². The number of methoxy groups -OCH3 is 2. The molecule has 0 spiro atoms. The molecular formula is C25H19N3O5S. The zero-order valence-corrected chi connectivity index (χ0v) is 19.4. The van der Waals surface area contributed by atoms with E-state index in [1.54, 1.807) is 38.5 Å². The number of ether oxygens (including phenoxy) is 3. The van der Waals surface area contributed by atoms with E-state index in [-0.39, 0.29) is 5.56 Å². The Hall–Kier alpha value is -4.24. The van der Waals surface area contributed by atoms with Crippen molar-refractivity contribution in [3.8, 4) is 28.6 Å². The number of benzene rings is 3. The summed E-state index contributed by atoms with van der Waals surface area (Å²) in [5, 5.41) is 6.29. The lowest BCUT2D eigenvalue weighted by atomic mass is 10.1. The third-order valence-corrected chi connectivity index (χ3v) is 6.19. The van der Waals surface area contributed by atoms with Gasteiger partial charge in [0.2, 0.25) is 4.96 Å². The number of aromatic nitrogens is 3. The Morgan fingerprint density at radius 2 is 1.71 bits per heavy atom. The van der Waals surface area contributed by atoms with Crippen LogP contribution in [0.5, 0.6) is 17.2 Å². The Labute approximate surface area is 197 Å². The fourth-order valence-corrected chi connectivity index (χ4v) is 4.58. The van der Waals surface area contributed by atoms with Gasteiger partial charge in [-0.25, -0.2) is 0 Å². The molecule has 0 amide bonds. The van der Waals surface area contributed by atoms with Gasteiger partial charge < -0.3 is 14.2 Å². The smallest absolute Gasteiger partial charge is 0.308 e. The Bertz CT molecular complexity index is 1670. The molecule has 0 fully saturated rings. The normalized spacial score (nSPS) is 11.8. The van der Waals surface area contributed by atoms with Gasteiger partial charge in [0.25, 0.3) is 5.56 Å². The molecule has 34 heavy (non-hydrogen) atoms. The predicted molar refractivity (Wildman–Crippen MR) is 130 cm³/mol. The van der Waals surface area contributed by atoms with Crippen molar-refractivity contribution in [2.24, 2.45) is 0 Å². The molecule has 170 valence electrons. The second kappa shape index (κ2) is 8.60. The van der Waals surface area contributed by atoms with E-state index in [9.17, 15) is 9.59 Å². The number of carbonyl (C=O) groups is 1. The second-order valence-electron chi connectivity index (χ2n) is 7.45. The van der Waals surface area contributed by atoms with E-state index < -0.39 is 5.97 Å². The van der Waals surface area contributed by atoms with E-state index in [1.807, 2.05) is 36.4 Å². The molecule has 0 saturated carbocycles. The van der Waals surface area contributed by atoms with Crippen molar-refractivity contribution in [3.63, 3.8) is 0 Å². The van der Waals surface area contributed by atoms with Gasteiger partial charge in [-0.15, -0.1) is 5.10 Å². The number of hydrogen-bond acceptors (Lipinski definition) is 8. The fourth-order valence-electron chi connectivity index (χ4n) is 3.68. The number of fused-ring (bicyclic) bond motifs is 2. The highest BCUT2D eigenvalue weighted by molar-refractivity contribution is 7.15. The van der Waals surface area contributed by atoms with Crippen LogP contribution < -0.4 is 24.3 Å².